The van der Waals surface area contributed by atoms with Crippen molar-refractivity contribution in [3.63, 3.8) is 0 Å². The number of rotatable bonds is 5. The predicted molar refractivity (Wildman–Crippen MR) is 83.0 cm³/mol. The molecule has 0 radical (unpaired) electrons. The summed E-state index contributed by atoms with van der Waals surface area (Å²) in [4.78, 5) is 14.8. The molecule has 3 rings (SSSR count). The molecule has 1 saturated heterocycles. The van der Waals surface area contributed by atoms with E-state index in [9.17, 15) is 4.79 Å². The lowest BCUT2D eigenvalue weighted by atomic mass is 10.2. The number of aromatic nitrogens is 1. The van der Waals surface area contributed by atoms with E-state index in [0.29, 0.717) is 12.1 Å². The van der Waals surface area contributed by atoms with Gasteiger partial charge >= 0.3 is 0 Å². The van der Waals surface area contributed by atoms with Gasteiger partial charge in [-0.25, -0.2) is 0 Å². The molecule has 2 aliphatic rings. The standard InChI is InChI=1S/C15H22BrN3O/c1-2-18(10-12-4-3-7-17-12)15(20)14-8-11(16)9-19(14)13-5-6-13/h8-9,12-13,17H,2-7,10H2,1H3. The van der Waals surface area contributed by atoms with Crippen molar-refractivity contribution in [2.45, 2.75) is 44.7 Å². The summed E-state index contributed by atoms with van der Waals surface area (Å²) >= 11 is 3.50. The van der Waals surface area contributed by atoms with Crippen LogP contribution in [0, 0.1) is 0 Å². The fourth-order valence-electron chi connectivity index (χ4n) is 2.97. The quantitative estimate of drug-likeness (QED) is 0.895. The van der Waals surface area contributed by atoms with Gasteiger partial charge in [0, 0.05) is 35.8 Å². The minimum Gasteiger partial charge on any atom is -0.339 e. The Balaban J connectivity index is 1.75. The molecule has 0 aromatic carbocycles. The van der Waals surface area contributed by atoms with Gasteiger partial charge in [0.15, 0.2) is 0 Å². The molecule has 2 fully saturated rings. The Bertz CT molecular complexity index is 489. The van der Waals surface area contributed by atoms with Gasteiger partial charge in [0.2, 0.25) is 0 Å². The highest BCUT2D eigenvalue weighted by Gasteiger charge is 2.30. The van der Waals surface area contributed by atoms with Crippen molar-refractivity contribution < 1.29 is 4.79 Å². The van der Waals surface area contributed by atoms with Crippen LogP contribution in [-0.4, -0.2) is 41.1 Å². The van der Waals surface area contributed by atoms with E-state index in [1.807, 2.05) is 17.2 Å². The van der Waals surface area contributed by atoms with Crippen molar-refractivity contribution in [2.75, 3.05) is 19.6 Å². The van der Waals surface area contributed by atoms with Crippen molar-refractivity contribution in [1.82, 2.24) is 14.8 Å². The van der Waals surface area contributed by atoms with Gasteiger partial charge in [0.1, 0.15) is 5.69 Å². The lowest BCUT2D eigenvalue weighted by Gasteiger charge is -2.25. The first-order chi connectivity index (χ1) is 9.69. The molecule has 1 aliphatic heterocycles. The largest absolute Gasteiger partial charge is 0.339 e. The smallest absolute Gasteiger partial charge is 0.270 e. The third kappa shape index (κ3) is 2.93. The zero-order valence-corrected chi connectivity index (χ0v) is 13.5. The molecule has 0 bridgehead atoms. The van der Waals surface area contributed by atoms with Crippen LogP contribution in [0.15, 0.2) is 16.7 Å². The van der Waals surface area contributed by atoms with E-state index in [-0.39, 0.29) is 5.91 Å². The van der Waals surface area contributed by atoms with Gasteiger partial charge in [-0.3, -0.25) is 4.79 Å². The first-order valence-electron chi connectivity index (χ1n) is 7.59. The molecular weight excluding hydrogens is 318 g/mol. The molecule has 1 aromatic heterocycles. The van der Waals surface area contributed by atoms with E-state index in [1.165, 1.54) is 25.7 Å². The number of nitrogens with one attached hydrogen (secondary N) is 1. The Hall–Kier alpha value is -0.810. The van der Waals surface area contributed by atoms with Crippen LogP contribution in [0.2, 0.25) is 0 Å². The second-order valence-corrected chi connectivity index (χ2v) is 6.73. The lowest BCUT2D eigenvalue weighted by Crippen LogP contribution is -2.41. The molecule has 2 heterocycles. The molecule has 1 unspecified atom stereocenters. The molecule has 20 heavy (non-hydrogen) atoms. The molecule has 110 valence electrons. The van der Waals surface area contributed by atoms with Gasteiger partial charge < -0.3 is 14.8 Å². The minimum absolute atomic E-state index is 0.166. The number of likely N-dealkylation sites (N-methyl/N-ethyl adjacent to an activating group) is 1. The zero-order valence-electron chi connectivity index (χ0n) is 11.9. The Labute approximate surface area is 128 Å². The maximum Gasteiger partial charge on any atom is 0.270 e. The van der Waals surface area contributed by atoms with E-state index in [1.54, 1.807) is 0 Å². The summed E-state index contributed by atoms with van der Waals surface area (Å²) in [5.41, 5.74) is 0.833. The summed E-state index contributed by atoms with van der Waals surface area (Å²) < 4.78 is 3.15. The van der Waals surface area contributed by atoms with E-state index >= 15 is 0 Å². The molecular formula is C15H22BrN3O. The third-order valence-electron chi connectivity index (χ3n) is 4.25. The number of amides is 1. The maximum absolute atomic E-state index is 12.8. The molecule has 1 N–H and O–H groups in total. The summed E-state index contributed by atoms with van der Waals surface area (Å²) in [6, 6.07) is 2.96. The van der Waals surface area contributed by atoms with Gasteiger partial charge in [-0.1, -0.05) is 0 Å². The SMILES string of the molecule is CCN(CC1CCCN1)C(=O)c1cc(Br)cn1C1CC1. The van der Waals surface area contributed by atoms with Crippen LogP contribution < -0.4 is 5.32 Å². The topological polar surface area (TPSA) is 37.3 Å². The monoisotopic (exact) mass is 339 g/mol. The van der Waals surface area contributed by atoms with Crippen molar-refractivity contribution in [3.8, 4) is 0 Å². The fourth-order valence-corrected chi connectivity index (χ4v) is 3.41. The summed E-state index contributed by atoms with van der Waals surface area (Å²) in [6.07, 6.45) is 6.83. The van der Waals surface area contributed by atoms with E-state index in [2.05, 4.69) is 32.7 Å². The van der Waals surface area contributed by atoms with Crippen molar-refractivity contribution >= 4 is 21.8 Å². The number of hydrogen-bond donors (Lipinski definition) is 1. The van der Waals surface area contributed by atoms with E-state index in [0.717, 1.165) is 29.8 Å². The predicted octanol–water partition coefficient (Wildman–Crippen LogP) is 2.80. The molecule has 1 aromatic rings. The number of hydrogen-bond acceptors (Lipinski definition) is 2. The first-order valence-corrected chi connectivity index (χ1v) is 8.38. The van der Waals surface area contributed by atoms with Crippen LogP contribution in [0.5, 0.6) is 0 Å². The summed E-state index contributed by atoms with van der Waals surface area (Å²) in [6.45, 7) is 4.74. The van der Waals surface area contributed by atoms with Crippen LogP contribution in [-0.2, 0) is 0 Å². The van der Waals surface area contributed by atoms with Crippen LogP contribution in [0.25, 0.3) is 0 Å². The van der Waals surface area contributed by atoms with Crippen molar-refractivity contribution in [3.05, 3.63) is 22.4 Å². The molecule has 1 aliphatic carbocycles. The molecule has 1 atom stereocenters. The van der Waals surface area contributed by atoms with Crippen LogP contribution in [0.1, 0.15) is 49.1 Å². The minimum atomic E-state index is 0.166. The van der Waals surface area contributed by atoms with Gasteiger partial charge in [-0.2, -0.15) is 0 Å². The van der Waals surface area contributed by atoms with E-state index < -0.39 is 0 Å². The number of nitrogens with zero attached hydrogens (tertiary/aromatic N) is 2. The van der Waals surface area contributed by atoms with Crippen LogP contribution in [0.3, 0.4) is 0 Å². The van der Waals surface area contributed by atoms with Gasteiger partial charge in [-0.15, -0.1) is 0 Å². The Kier molecular flexibility index (Phi) is 4.17. The molecule has 1 amide bonds. The van der Waals surface area contributed by atoms with Gasteiger partial charge in [0.05, 0.1) is 0 Å². The molecule has 0 spiro atoms. The average Bonchev–Trinajstić information content (AvgIpc) is 3.01. The summed E-state index contributed by atoms with van der Waals surface area (Å²) in [5.74, 6) is 0.166. The highest BCUT2D eigenvalue weighted by molar-refractivity contribution is 9.10. The van der Waals surface area contributed by atoms with Crippen LogP contribution >= 0.6 is 15.9 Å². The Morgan fingerprint density at radius 1 is 1.50 bits per heavy atom. The van der Waals surface area contributed by atoms with Gasteiger partial charge in [0.25, 0.3) is 5.91 Å². The van der Waals surface area contributed by atoms with Crippen molar-refractivity contribution in [2.24, 2.45) is 0 Å². The number of carbonyl (C=O) groups is 1. The van der Waals surface area contributed by atoms with Gasteiger partial charge in [-0.05, 0) is 61.1 Å². The van der Waals surface area contributed by atoms with Crippen molar-refractivity contribution in [1.29, 1.82) is 0 Å². The number of carbonyl (C=O) groups excluding carboxylic acids is 1. The first kappa shape index (κ1) is 14.1. The Morgan fingerprint density at radius 3 is 2.90 bits per heavy atom. The average molecular weight is 340 g/mol. The second-order valence-electron chi connectivity index (χ2n) is 5.82. The maximum atomic E-state index is 12.8. The second kappa shape index (κ2) is 5.90. The number of halogens is 1. The summed E-state index contributed by atoms with van der Waals surface area (Å²) in [5, 5.41) is 3.47. The summed E-state index contributed by atoms with van der Waals surface area (Å²) in [7, 11) is 0. The van der Waals surface area contributed by atoms with Crippen LogP contribution in [0.4, 0.5) is 0 Å². The molecule has 1 saturated carbocycles. The molecule has 4 nitrogen and oxygen atoms in total. The highest BCUT2D eigenvalue weighted by atomic mass is 79.9. The third-order valence-corrected chi connectivity index (χ3v) is 4.68. The molecule has 5 heteroatoms. The lowest BCUT2D eigenvalue weighted by molar-refractivity contribution is 0.0740. The fraction of sp³-hybridized carbons (Fsp3) is 0.667. The van der Waals surface area contributed by atoms with E-state index in [4.69, 9.17) is 0 Å². The zero-order chi connectivity index (χ0) is 14.1. The Morgan fingerprint density at radius 2 is 2.30 bits per heavy atom. The highest BCUT2D eigenvalue weighted by Crippen LogP contribution is 2.37. The normalized spacial score (nSPS) is 22.2.